The molecule has 0 heterocycles. The minimum absolute atomic E-state index is 0.588. The van der Waals surface area contributed by atoms with Crippen molar-refractivity contribution in [1.82, 2.24) is 0 Å². The summed E-state index contributed by atoms with van der Waals surface area (Å²) in [6.45, 7) is 11.8. The van der Waals surface area contributed by atoms with Crippen molar-refractivity contribution in [3.63, 3.8) is 0 Å². The molecule has 0 radical (unpaired) electrons. The average Bonchev–Trinajstić information content (AvgIpc) is 1.97. The first-order valence-corrected chi connectivity index (χ1v) is 11.4. The summed E-state index contributed by atoms with van der Waals surface area (Å²) in [6.07, 6.45) is 7.37. The van der Waals surface area contributed by atoms with Gasteiger partial charge in [-0.15, -0.1) is 0 Å². The first kappa shape index (κ1) is 15.2. The fraction of sp³-hybridized carbons (Fsp3) is 1.00. The number of hydrogen-bond donors (Lipinski definition) is 0. The standard InChI is InChI=1S/C12H27PTe/c1-6-7-8-13(14,9-11(2)3)10-12(4)5/h11-12H,6-10H2,1-5H3. The van der Waals surface area contributed by atoms with Crippen molar-refractivity contribution >= 4 is 25.7 Å². The Hall–Kier alpha value is 1.22. The van der Waals surface area contributed by atoms with Crippen molar-refractivity contribution in [2.45, 2.75) is 47.5 Å². The van der Waals surface area contributed by atoms with Crippen molar-refractivity contribution in [2.75, 3.05) is 18.5 Å². The molecule has 0 saturated heterocycles. The topological polar surface area (TPSA) is 0 Å². The third kappa shape index (κ3) is 7.50. The summed E-state index contributed by atoms with van der Waals surface area (Å²) in [5.74, 6) is 1.79. The molecule has 0 nitrogen and oxygen atoms in total. The summed E-state index contributed by atoms with van der Waals surface area (Å²) in [6, 6.07) is 0. The Morgan fingerprint density at radius 1 is 1.00 bits per heavy atom. The van der Waals surface area contributed by atoms with Gasteiger partial charge < -0.3 is 0 Å². The molecule has 0 atom stereocenters. The normalized spacial score (nSPS) is 12.8. The molecule has 0 aromatic heterocycles. The molecule has 14 heavy (non-hydrogen) atoms. The summed E-state index contributed by atoms with van der Waals surface area (Å²) >= 11 is 2.52. The predicted molar refractivity (Wildman–Crippen MR) is 71.9 cm³/mol. The molecule has 0 unspecified atom stereocenters. The van der Waals surface area contributed by atoms with Gasteiger partial charge in [0.2, 0.25) is 0 Å². The van der Waals surface area contributed by atoms with E-state index in [4.69, 9.17) is 0 Å². The van der Waals surface area contributed by atoms with Crippen LogP contribution in [0.4, 0.5) is 0 Å². The molecule has 0 aromatic rings. The van der Waals surface area contributed by atoms with Crippen LogP contribution in [-0.4, -0.2) is 39.7 Å². The monoisotopic (exact) mass is 332 g/mol. The molecule has 0 saturated carbocycles. The van der Waals surface area contributed by atoms with Gasteiger partial charge in [-0.25, -0.2) is 0 Å². The van der Waals surface area contributed by atoms with E-state index in [1.54, 1.807) is 0 Å². The Morgan fingerprint density at radius 3 is 1.71 bits per heavy atom. The van der Waals surface area contributed by atoms with E-state index in [9.17, 15) is 0 Å². The molecule has 0 aliphatic carbocycles. The van der Waals surface area contributed by atoms with Crippen LogP contribution in [-0.2, 0) is 0 Å². The van der Waals surface area contributed by atoms with Gasteiger partial charge in [0.05, 0.1) is 0 Å². The first-order chi connectivity index (χ1) is 6.39. The van der Waals surface area contributed by atoms with E-state index in [0.29, 0.717) is 0 Å². The van der Waals surface area contributed by atoms with Crippen LogP contribution < -0.4 is 0 Å². The molecular formula is C12H27PTe. The van der Waals surface area contributed by atoms with Crippen LogP contribution >= 0.6 is 4.49 Å². The van der Waals surface area contributed by atoms with E-state index in [1.165, 1.54) is 31.3 Å². The molecule has 0 aromatic carbocycles. The van der Waals surface area contributed by atoms with Gasteiger partial charge in [-0.05, 0) is 0 Å². The molecule has 0 rings (SSSR count). The van der Waals surface area contributed by atoms with Crippen molar-refractivity contribution in [1.29, 1.82) is 0 Å². The van der Waals surface area contributed by atoms with Crippen LogP contribution in [0.25, 0.3) is 0 Å². The van der Waals surface area contributed by atoms with Gasteiger partial charge in [0, 0.05) is 0 Å². The molecule has 0 aliphatic heterocycles. The maximum absolute atomic E-state index is 2.52. The average molecular weight is 330 g/mol. The molecule has 0 aliphatic rings. The van der Waals surface area contributed by atoms with E-state index in [2.05, 4.69) is 55.9 Å². The van der Waals surface area contributed by atoms with Crippen LogP contribution in [0.15, 0.2) is 0 Å². The van der Waals surface area contributed by atoms with Crippen molar-refractivity contribution < 1.29 is 0 Å². The second-order valence-corrected chi connectivity index (χ2v) is 15.2. The Balaban J connectivity index is 4.26. The molecule has 0 N–H and O–H groups in total. The van der Waals surface area contributed by atoms with E-state index in [-0.39, 0.29) is 0 Å². The van der Waals surface area contributed by atoms with Crippen LogP contribution in [0, 0.1) is 11.8 Å². The summed E-state index contributed by atoms with van der Waals surface area (Å²) < 4.78 is -0.588. The number of rotatable bonds is 7. The van der Waals surface area contributed by atoms with Crippen LogP contribution in [0.1, 0.15) is 47.5 Å². The van der Waals surface area contributed by atoms with Crippen molar-refractivity contribution in [3.8, 4) is 0 Å². The summed E-state index contributed by atoms with van der Waals surface area (Å²) in [7, 11) is 0. The molecule has 86 valence electrons. The van der Waals surface area contributed by atoms with Crippen molar-refractivity contribution in [2.24, 2.45) is 11.8 Å². The van der Waals surface area contributed by atoms with Gasteiger partial charge in [0.25, 0.3) is 0 Å². The van der Waals surface area contributed by atoms with Gasteiger partial charge in [0.1, 0.15) is 0 Å². The van der Waals surface area contributed by atoms with Crippen LogP contribution in [0.5, 0.6) is 0 Å². The van der Waals surface area contributed by atoms with Gasteiger partial charge in [-0.1, -0.05) is 0 Å². The van der Waals surface area contributed by atoms with E-state index < -0.39 is 4.49 Å². The number of hydrogen-bond acceptors (Lipinski definition) is 0. The third-order valence-electron chi connectivity index (χ3n) is 2.31. The summed E-state index contributed by atoms with van der Waals surface area (Å²) in [4.78, 5) is 0. The first-order valence-electron chi connectivity index (χ1n) is 5.96. The van der Waals surface area contributed by atoms with E-state index in [1.807, 2.05) is 0 Å². The van der Waals surface area contributed by atoms with E-state index >= 15 is 0 Å². The second-order valence-electron chi connectivity index (χ2n) is 5.29. The van der Waals surface area contributed by atoms with Gasteiger partial charge in [-0.2, -0.15) is 0 Å². The Morgan fingerprint density at radius 2 is 1.43 bits per heavy atom. The fourth-order valence-corrected chi connectivity index (χ4v) is 12.3. The fourth-order valence-electron chi connectivity index (χ4n) is 2.03. The summed E-state index contributed by atoms with van der Waals surface area (Å²) in [5, 5.41) is 0. The van der Waals surface area contributed by atoms with E-state index in [0.717, 1.165) is 11.8 Å². The molecule has 0 bridgehead atoms. The zero-order chi connectivity index (χ0) is 11.2. The molecular weight excluding hydrogens is 303 g/mol. The Bertz CT molecular complexity index is 171. The molecule has 0 fully saturated rings. The molecule has 2 heteroatoms. The zero-order valence-corrected chi connectivity index (χ0v) is 13.8. The van der Waals surface area contributed by atoms with Crippen LogP contribution in [0.3, 0.4) is 0 Å². The van der Waals surface area contributed by atoms with Gasteiger partial charge in [-0.3, -0.25) is 0 Å². The maximum atomic E-state index is 2.52. The predicted octanol–water partition coefficient (Wildman–Crippen LogP) is 4.20. The Labute approximate surface area is 103 Å². The number of unbranched alkanes of at least 4 members (excludes halogenated alkanes) is 1. The van der Waals surface area contributed by atoms with Crippen LogP contribution in [0.2, 0.25) is 0 Å². The van der Waals surface area contributed by atoms with Gasteiger partial charge >= 0.3 is 104 Å². The molecule has 0 amide bonds. The molecule has 0 spiro atoms. The summed E-state index contributed by atoms with van der Waals surface area (Å²) in [5.41, 5.74) is 0. The third-order valence-corrected chi connectivity index (χ3v) is 10.4. The quantitative estimate of drug-likeness (QED) is 0.485. The second kappa shape index (κ2) is 7.49. The Kier molecular flexibility index (Phi) is 8.14. The zero-order valence-electron chi connectivity index (χ0n) is 10.5. The van der Waals surface area contributed by atoms with Gasteiger partial charge in [0.15, 0.2) is 0 Å². The van der Waals surface area contributed by atoms with Crippen molar-refractivity contribution in [3.05, 3.63) is 0 Å². The minimum atomic E-state index is -0.588. The SMILES string of the molecule is CCCCP(=[Te])(CC(C)C)CC(C)C.